The van der Waals surface area contributed by atoms with Gasteiger partial charge < -0.3 is 28.7 Å². The van der Waals surface area contributed by atoms with Crippen LogP contribution in [0, 0.1) is 0 Å². The Hall–Kier alpha value is -2.20. The second-order valence-electron chi connectivity index (χ2n) is 29.9. The molecule has 0 rings (SSSR count). The van der Waals surface area contributed by atoms with E-state index in [2.05, 4.69) is 51.3 Å². The highest BCUT2D eigenvalue weighted by Gasteiger charge is 2.17. The summed E-state index contributed by atoms with van der Waals surface area (Å²) in [6.45, 7) is 21.4. The maximum absolute atomic E-state index is 13.2. The minimum absolute atomic E-state index is 0.0212. The van der Waals surface area contributed by atoms with Crippen molar-refractivity contribution >= 4 is 23.9 Å². The highest BCUT2D eigenvalue weighted by molar-refractivity contribution is 5.70. The van der Waals surface area contributed by atoms with Gasteiger partial charge in [0, 0.05) is 38.8 Å². The van der Waals surface area contributed by atoms with Crippen molar-refractivity contribution in [2.75, 3.05) is 52.5 Å². The average molecular weight is 1360 g/mol. The first-order valence-electron chi connectivity index (χ1n) is 43.4. The highest BCUT2D eigenvalue weighted by atomic mass is 16.6. The van der Waals surface area contributed by atoms with Crippen LogP contribution < -0.4 is 0 Å². The van der Waals surface area contributed by atoms with E-state index in [-0.39, 0.29) is 36.1 Å². The molecule has 0 aromatic carbocycles. The number of carbonyl (C=O) groups is 4. The number of unbranched alkanes of at least 4 members (excludes halogenated alkanes) is 48. The molecule has 10 heteroatoms. The monoisotopic (exact) mass is 1360 g/mol. The normalized spacial score (nSPS) is 11.7. The van der Waals surface area contributed by atoms with Gasteiger partial charge in [0.2, 0.25) is 0 Å². The summed E-state index contributed by atoms with van der Waals surface area (Å²) in [6.07, 6.45) is 76.4. The van der Waals surface area contributed by atoms with Crippen LogP contribution in [-0.2, 0) is 38.1 Å². The van der Waals surface area contributed by atoms with Gasteiger partial charge in [-0.15, -0.1) is 0 Å². The van der Waals surface area contributed by atoms with E-state index < -0.39 is 0 Å². The van der Waals surface area contributed by atoms with E-state index in [9.17, 15) is 19.2 Å². The van der Waals surface area contributed by atoms with Gasteiger partial charge in [-0.1, -0.05) is 324 Å². The van der Waals surface area contributed by atoms with Crippen LogP contribution in [0.1, 0.15) is 465 Å². The van der Waals surface area contributed by atoms with Crippen LogP contribution in [0.5, 0.6) is 0 Å². The van der Waals surface area contributed by atoms with Crippen LogP contribution in [0.25, 0.3) is 0 Å². The number of esters is 4. The molecule has 0 aliphatic carbocycles. The molecule has 0 heterocycles. The van der Waals surface area contributed by atoms with Gasteiger partial charge >= 0.3 is 23.9 Å². The molecule has 0 saturated heterocycles. The number of ether oxygens (including phenoxy) is 4. The maximum Gasteiger partial charge on any atom is 0.306 e. The SMILES string of the molecule is CCCCCCCCCOC(=O)CCCCCCCN(CCCCCCCC(=O)OC(CCCCCCCC)CCCCCCCC)CCN(CCCCCCCC(=O)OCCCCCCCCC)CCCCCCCC(=O)OC(CCCCCCCC)CCCCCCCC. The first kappa shape index (κ1) is 93.8. The van der Waals surface area contributed by atoms with E-state index in [1.54, 1.807) is 0 Å². The lowest BCUT2D eigenvalue weighted by Gasteiger charge is -2.28. The number of rotatable bonds is 81. The van der Waals surface area contributed by atoms with Crippen molar-refractivity contribution < 1.29 is 38.1 Å². The lowest BCUT2D eigenvalue weighted by Crippen LogP contribution is -2.37. The van der Waals surface area contributed by atoms with Crippen LogP contribution in [0.3, 0.4) is 0 Å². The number of hydrogen-bond donors (Lipinski definition) is 0. The molecule has 0 aliphatic heterocycles. The fourth-order valence-corrected chi connectivity index (χ4v) is 13.8. The molecule has 0 aromatic rings. The Labute approximate surface area is 598 Å². The molecule has 0 spiro atoms. The Morgan fingerprint density at radius 2 is 0.396 bits per heavy atom. The summed E-state index contributed by atoms with van der Waals surface area (Å²) in [7, 11) is 0. The van der Waals surface area contributed by atoms with E-state index in [0.717, 1.165) is 168 Å². The molecule has 0 saturated carbocycles. The summed E-state index contributed by atoms with van der Waals surface area (Å²) < 4.78 is 23.6. The third-order valence-electron chi connectivity index (χ3n) is 20.3. The molecule has 0 aliphatic rings. The van der Waals surface area contributed by atoms with Crippen molar-refractivity contribution in [3.8, 4) is 0 Å². The summed E-state index contributed by atoms with van der Waals surface area (Å²) in [6, 6.07) is 0. The number of nitrogens with zero attached hydrogens (tertiary/aromatic N) is 2. The van der Waals surface area contributed by atoms with Crippen molar-refractivity contribution in [2.45, 2.75) is 478 Å². The van der Waals surface area contributed by atoms with Crippen molar-refractivity contribution in [2.24, 2.45) is 0 Å². The highest BCUT2D eigenvalue weighted by Crippen LogP contribution is 2.22. The molecule has 0 amide bonds. The van der Waals surface area contributed by atoms with E-state index >= 15 is 0 Å². The summed E-state index contributed by atoms with van der Waals surface area (Å²) in [5.41, 5.74) is 0. The zero-order chi connectivity index (χ0) is 69.8. The van der Waals surface area contributed by atoms with Gasteiger partial charge in [0.1, 0.15) is 12.2 Å². The zero-order valence-electron chi connectivity index (χ0n) is 65.6. The molecule has 0 fully saturated rings. The molecule has 0 aromatic heterocycles. The van der Waals surface area contributed by atoms with Gasteiger partial charge in [-0.05, 0) is 142 Å². The molecule has 0 bridgehead atoms. The van der Waals surface area contributed by atoms with Crippen molar-refractivity contribution in [3.05, 3.63) is 0 Å². The van der Waals surface area contributed by atoms with Crippen molar-refractivity contribution in [1.82, 2.24) is 9.80 Å². The number of carbonyl (C=O) groups excluding carboxylic acids is 4. The lowest BCUT2D eigenvalue weighted by molar-refractivity contribution is -0.151. The van der Waals surface area contributed by atoms with Crippen LogP contribution in [-0.4, -0.2) is 98.4 Å². The topological polar surface area (TPSA) is 112 Å². The van der Waals surface area contributed by atoms with Gasteiger partial charge in [0.25, 0.3) is 0 Å². The molecular formula is C86H168N2O8. The minimum atomic E-state index is -0.0212. The van der Waals surface area contributed by atoms with Crippen LogP contribution in [0.2, 0.25) is 0 Å². The summed E-state index contributed by atoms with van der Waals surface area (Å²) in [4.78, 5) is 57.0. The smallest absolute Gasteiger partial charge is 0.306 e. The van der Waals surface area contributed by atoms with Gasteiger partial charge in [0.05, 0.1) is 13.2 Å². The Morgan fingerprint density at radius 3 is 0.635 bits per heavy atom. The van der Waals surface area contributed by atoms with E-state index in [1.807, 2.05) is 0 Å². The van der Waals surface area contributed by atoms with E-state index in [1.165, 1.54) is 270 Å². The van der Waals surface area contributed by atoms with Gasteiger partial charge in [-0.2, -0.15) is 0 Å². The van der Waals surface area contributed by atoms with Gasteiger partial charge in [0.15, 0.2) is 0 Å². The van der Waals surface area contributed by atoms with Crippen molar-refractivity contribution in [1.29, 1.82) is 0 Å². The maximum atomic E-state index is 13.2. The molecule has 570 valence electrons. The van der Waals surface area contributed by atoms with E-state index in [4.69, 9.17) is 18.9 Å². The Kier molecular flexibility index (Phi) is 76.7. The zero-order valence-corrected chi connectivity index (χ0v) is 65.6. The predicted octanol–water partition coefficient (Wildman–Crippen LogP) is 26.4. The summed E-state index contributed by atoms with van der Waals surface area (Å²) in [5.74, 6) is 0.00513. The van der Waals surface area contributed by atoms with Crippen LogP contribution in [0.15, 0.2) is 0 Å². The second kappa shape index (κ2) is 78.5. The lowest BCUT2D eigenvalue weighted by atomic mass is 10.0. The van der Waals surface area contributed by atoms with Crippen molar-refractivity contribution in [3.63, 3.8) is 0 Å². The second-order valence-corrected chi connectivity index (χ2v) is 29.9. The quantitative estimate of drug-likeness (QED) is 0.0331. The third kappa shape index (κ3) is 71.6. The van der Waals surface area contributed by atoms with Gasteiger partial charge in [-0.3, -0.25) is 19.2 Å². The third-order valence-corrected chi connectivity index (χ3v) is 20.3. The fourth-order valence-electron chi connectivity index (χ4n) is 13.8. The molecule has 0 N–H and O–H groups in total. The molecule has 10 nitrogen and oxygen atoms in total. The first-order valence-corrected chi connectivity index (χ1v) is 43.4. The van der Waals surface area contributed by atoms with Crippen LogP contribution >= 0.6 is 0 Å². The van der Waals surface area contributed by atoms with Gasteiger partial charge in [-0.25, -0.2) is 0 Å². The average Bonchev–Trinajstić information content (AvgIpc) is 3.71. The van der Waals surface area contributed by atoms with Crippen LogP contribution in [0.4, 0.5) is 0 Å². The number of hydrogen-bond acceptors (Lipinski definition) is 10. The predicted molar refractivity (Wildman–Crippen MR) is 413 cm³/mol. The summed E-state index contributed by atoms with van der Waals surface area (Å²) in [5, 5.41) is 0. The molecule has 0 unspecified atom stereocenters. The standard InChI is InChI=1S/C86H168N2O8/c1-7-13-19-25-31-49-63-79-93-83(89)69-55-41-33-45-59-73-87(75-61-47-35-43-57-71-85(91)95-81(65-51-37-27-21-15-9-3)66-52-38-28-22-16-10-4)77-78-88(74-60-46-34-42-56-70-84(90)94-80-64-50-32-26-20-14-8-2)76-62-48-36-44-58-72-86(92)96-82(67-53-39-29-23-17-11-5)68-54-40-30-24-18-12-6/h81-82H,7-80H2,1-6H3. The molecular weight excluding hydrogens is 1190 g/mol. The minimum Gasteiger partial charge on any atom is -0.466 e. The molecule has 0 atom stereocenters. The Morgan fingerprint density at radius 1 is 0.208 bits per heavy atom. The Balaban J connectivity index is 5.62. The molecule has 0 radical (unpaired) electrons. The Bertz CT molecular complexity index is 1450. The molecule has 96 heavy (non-hydrogen) atoms. The first-order chi connectivity index (χ1) is 47.2. The largest absolute Gasteiger partial charge is 0.466 e. The summed E-state index contributed by atoms with van der Waals surface area (Å²) >= 11 is 0. The van der Waals surface area contributed by atoms with E-state index in [0.29, 0.717) is 38.9 Å². The fraction of sp³-hybridized carbons (Fsp3) is 0.953.